The topological polar surface area (TPSA) is 52.0 Å². The molecule has 0 aromatic rings. The van der Waals surface area contributed by atoms with Gasteiger partial charge in [-0.15, -0.1) is 0 Å². The average Bonchev–Trinajstić information content (AvgIpc) is 2.38. The Morgan fingerprint density at radius 2 is 1.00 bits per heavy atom. The molecule has 4 bridgehead atoms. The predicted molar refractivity (Wildman–Crippen MR) is 71.5 cm³/mol. The first kappa shape index (κ1) is 12.0. The molecule has 3 rings (SSSR count). The number of fused-ring (bicyclic) bond motifs is 4. The summed E-state index contributed by atoms with van der Waals surface area (Å²) in [6.45, 7) is 0. The molecule has 6 atom stereocenters. The van der Waals surface area contributed by atoms with E-state index in [2.05, 4.69) is 0 Å². The predicted octanol–water partition coefficient (Wildman–Crippen LogP) is 2.66. The van der Waals surface area contributed by atoms with Gasteiger partial charge in [0.25, 0.3) is 0 Å². The lowest BCUT2D eigenvalue weighted by molar-refractivity contribution is 0.186. The first-order valence-electron chi connectivity index (χ1n) is 7.73. The zero-order chi connectivity index (χ0) is 11.8. The second-order valence-electron chi connectivity index (χ2n) is 7.02. The van der Waals surface area contributed by atoms with Crippen molar-refractivity contribution in [3.8, 4) is 0 Å². The lowest BCUT2D eigenvalue weighted by atomic mass is 9.73. The van der Waals surface area contributed by atoms with Crippen LogP contribution >= 0.6 is 0 Å². The third-order valence-electron chi connectivity index (χ3n) is 5.87. The van der Waals surface area contributed by atoms with Gasteiger partial charge >= 0.3 is 0 Å². The molecule has 0 aliphatic heterocycles. The van der Waals surface area contributed by atoms with E-state index >= 15 is 0 Å². The van der Waals surface area contributed by atoms with Crippen molar-refractivity contribution in [1.29, 1.82) is 0 Å². The summed E-state index contributed by atoms with van der Waals surface area (Å²) >= 11 is 0. The van der Waals surface area contributed by atoms with Crippen molar-refractivity contribution in [2.24, 2.45) is 35.1 Å². The highest BCUT2D eigenvalue weighted by Crippen LogP contribution is 2.43. The summed E-state index contributed by atoms with van der Waals surface area (Å²) in [7, 11) is 0. The van der Waals surface area contributed by atoms with Gasteiger partial charge in [-0.25, -0.2) is 0 Å². The normalized spacial score (nSPS) is 51.2. The highest BCUT2D eigenvalue weighted by molar-refractivity contribution is 4.90. The second kappa shape index (κ2) is 4.89. The van der Waals surface area contributed by atoms with Crippen molar-refractivity contribution in [3.05, 3.63) is 0 Å². The van der Waals surface area contributed by atoms with Crippen molar-refractivity contribution >= 4 is 0 Å². The minimum atomic E-state index is 0.487. The molecule has 3 aliphatic carbocycles. The van der Waals surface area contributed by atoms with Gasteiger partial charge in [0.15, 0.2) is 0 Å². The summed E-state index contributed by atoms with van der Waals surface area (Å²) in [4.78, 5) is 0. The Balaban J connectivity index is 1.73. The number of rotatable bonds is 0. The molecule has 6 unspecified atom stereocenters. The highest BCUT2D eigenvalue weighted by atomic mass is 14.7. The van der Waals surface area contributed by atoms with Gasteiger partial charge in [0.1, 0.15) is 0 Å². The monoisotopic (exact) mass is 236 g/mol. The van der Waals surface area contributed by atoms with Crippen molar-refractivity contribution in [1.82, 2.24) is 0 Å². The van der Waals surface area contributed by atoms with E-state index in [1.807, 2.05) is 0 Å². The van der Waals surface area contributed by atoms with Gasteiger partial charge in [-0.3, -0.25) is 0 Å². The Bertz CT molecular complexity index is 240. The van der Waals surface area contributed by atoms with E-state index in [4.69, 9.17) is 11.5 Å². The second-order valence-corrected chi connectivity index (χ2v) is 7.02. The summed E-state index contributed by atoms with van der Waals surface area (Å²) in [6, 6.07) is 0.973. The minimum absolute atomic E-state index is 0.487. The summed E-state index contributed by atoms with van der Waals surface area (Å²) in [5.74, 6) is 3.58. The van der Waals surface area contributed by atoms with Crippen molar-refractivity contribution in [2.45, 2.75) is 69.9 Å². The SMILES string of the molecule is NC1CCC2CC3CCC(N)C(CCC1C2)C3. The summed E-state index contributed by atoms with van der Waals surface area (Å²) in [5, 5.41) is 0. The van der Waals surface area contributed by atoms with Crippen LogP contribution in [0, 0.1) is 23.7 Å². The first-order chi connectivity index (χ1) is 8.22. The fourth-order valence-electron chi connectivity index (χ4n) is 4.76. The van der Waals surface area contributed by atoms with Gasteiger partial charge in [-0.1, -0.05) is 0 Å². The largest absolute Gasteiger partial charge is 0.327 e. The molecule has 0 heterocycles. The molecular formula is C15H28N2. The molecule has 0 amide bonds. The summed E-state index contributed by atoms with van der Waals surface area (Å²) in [6.07, 6.45) is 12.4. The van der Waals surface area contributed by atoms with Crippen LogP contribution in [0.25, 0.3) is 0 Å². The van der Waals surface area contributed by atoms with Gasteiger partial charge in [-0.05, 0) is 81.5 Å². The molecule has 0 aromatic heterocycles. The Morgan fingerprint density at radius 3 is 1.47 bits per heavy atom. The van der Waals surface area contributed by atoms with E-state index in [-0.39, 0.29) is 0 Å². The molecule has 0 saturated heterocycles. The Labute approximate surface area is 106 Å². The molecule has 2 heteroatoms. The van der Waals surface area contributed by atoms with E-state index < -0.39 is 0 Å². The van der Waals surface area contributed by atoms with E-state index in [1.54, 1.807) is 0 Å². The van der Waals surface area contributed by atoms with Crippen molar-refractivity contribution < 1.29 is 0 Å². The fraction of sp³-hybridized carbons (Fsp3) is 1.00. The summed E-state index contributed by atoms with van der Waals surface area (Å²) < 4.78 is 0. The third kappa shape index (κ3) is 2.53. The number of hydrogen-bond acceptors (Lipinski definition) is 2. The molecule has 17 heavy (non-hydrogen) atoms. The van der Waals surface area contributed by atoms with Crippen LogP contribution in [0.15, 0.2) is 0 Å². The van der Waals surface area contributed by atoms with Gasteiger partial charge in [0.2, 0.25) is 0 Å². The third-order valence-corrected chi connectivity index (χ3v) is 5.87. The molecule has 2 nitrogen and oxygen atoms in total. The molecular weight excluding hydrogens is 208 g/mol. The molecule has 0 aromatic carbocycles. The Kier molecular flexibility index (Phi) is 3.45. The Morgan fingerprint density at radius 1 is 0.529 bits per heavy atom. The molecule has 0 spiro atoms. The number of hydrogen-bond donors (Lipinski definition) is 2. The number of nitrogens with two attached hydrogens (primary N) is 2. The zero-order valence-electron chi connectivity index (χ0n) is 11.0. The average molecular weight is 236 g/mol. The van der Waals surface area contributed by atoms with Crippen LogP contribution in [-0.2, 0) is 0 Å². The van der Waals surface area contributed by atoms with Crippen LogP contribution in [0.5, 0.6) is 0 Å². The summed E-state index contributed by atoms with van der Waals surface area (Å²) in [5.41, 5.74) is 12.6. The highest BCUT2D eigenvalue weighted by Gasteiger charge is 2.36. The van der Waals surface area contributed by atoms with Gasteiger partial charge < -0.3 is 11.5 Å². The zero-order valence-corrected chi connectivity index (χ0v) is 11.0. The quantitative estimate of drug-likeness (QED) is 0.679. The van der Waals surface area contributed by atoms with Gasteiger partial charge in [-0.2, -0.15) is 0 Å². The molecule has 3 fully saturated rings. The maximum atomic E-state index is 6.30. The van der Waals surface area contributed by atoms with E-state index in [0.717, 1.165) is 23.7 Å². The van der Waals surface area contributed by atoms with E-state index in [0.29, 0.717) is 12.1 Å². The lowest BCUT2D eigenvalue weighted by Crippen LogP contribution is -2.36. The fourth-order valence-corrected chi connectivity index (χ4v) is 4.76. The van der Waals surface area contributed by atoms with E-state index in [9.17, 15) is 0 Å². The molecule has 0 radical (unpaired) electrons. The first-order valence-corrected chi connectivity index (χ1v) is 7.73. The molecule has 3 aliphatic rings. The molecule has 4 N–H and O–H groups in total. The van der Waals surface area contributed by atoms with Crippen LogP contribution in [0.4, 0.5) is 0 Å². The van der Waals surface area contributed by atoms with Crippen LogP contribution in [0.3, 0.4) is 0 Å². The van der Waals surface area contributed by atoms with Gasteiger partial charge in [0, 0.05) is 12.1 Å². The molecule has 98 valence electrons. The maximum absolute atomic E-state index is 6.30. The Hall–Kier alpha value is -0.0800. The lowest BCUT2D eigenvalue weighted by Gasteiger charge is -2.35. The van der Waals surface area contributed by atoms with Crippen LogP contribution in [0.1, 0.15) is 57.8 Å². The standard InChI is InChI=1S/C15H28N2/c16-14-5-1-10-7-11-2-6-15(17)13(9-11)4-3-12(14)8-10/h10-15H,1-9,16-17H2. The maximum Gasteiger partial charge on any atom is 0.00673 e. The molecule has 3 saturated carbocycles. The van der Waals surface area contributed by atoms with Gasteiger partial charge in [0.05, 0.1) is 0 Å². The van der Waals surface area contributed by atoms with Crippen LogP contribution in [0.2, 0.25) is 0 Å². The van der Waals surface area contributed by atoms with Crippen LogP contribution in [-0.4, -0.2) is 12.1 Å². The smallest absolute Gasteiger partial charge is 0.00673 e. The minimum Gasteiger partial charge on any atom is -0.327 e. The van der Waals surface area contributed by atoms with Crippen molar-refractivity contribution in [2.75, 3.05) is 0 Å². The van der Waals surface area contributed by atoms with E-state index in [1.165, 1.54) is 57.8 Å². The van der Waals surface area contributed by atoms with Crippen molar-refractivity contribution in [3.63, 3.8) is 0 Å². The van der Waals surface area contributed by atoms with Crippen LogP contribution < -0.4 is 11.5 Å².